The number of aliphatic hydroxyl groups is 1. The molecule has 0 bridgehead atoms. The summed E-state index contributed by atoms with van der Waals surface area (Å²) in [6, 6.07) is 7.61. The highest BCUT2D eigenvalue weighted by atomic mass is 16.6. The van der Waals surface area contributed by atoms with Crippen LogP contribution in [0.5, 0.6) is 5.75 Å². The van der Waals surface area contributed by atoms with E-state index < -0.39 is 11.6 Å². The predicted molar refractivity (Wildman–Crippen MR) is 120 cm³/mol. The van der Waals surface area contributed by atoms with Gasteiger partial charge in [0.1, 0.15) is 12.4 Å². The summed E-state index contributed by atoms with van der Waals surface area (Å²) in [6.45, 7) is 8.04. The summed E-state index contributed by atoms with van der Waals surface area (Å²) in [5.41, 5.74) is 2.89. The molecule has 1 aromatic carbocycles. The molecule has 2 aliphatic heterocycles. The van der Waals surface area contributed by atoms with Gasteiger partial charge in [0.2, 0.25) is 0 Å². The Labute approximate surface area is 185 Å². The maximum Gasteiger partial charge on any atom is 0.343 e. The Hall–Kier alpha value is -3.19. The molecule has 0 saturated carbocycles. The Morgan fingerprint density at radius 2 is 2.00 bits per heavy atom. The number of hydrogen-bond acceptors (Lipinski definition) is 6. The molecule has 32 heavy (non-hydrogen) atoms. The maximum atomic E-state index is 13.4. The van der Waals surface area contributed by atoms with Crippen LogP contribution in [0.4, 0.5) is 0 Å². The summed E-state index contributed by atoms with van der Waals surface area (Å²) in [6.07, 6.45) is 0.963. The fourth-order valence-electron chi connectivity index (χ4n) is 4.89. The van der Waals surface area contributed by atoms with E-state index in [0.717, 1.165) is 39.9 Å². The minimum Gasteiger partial charge on any atom is -0.491 e. The Balaban J connectivity index is 1.76. The van der Waals surface area contributed by atoms with Crippen molar-refractivity contribution in [1.29, 1.82) is 0 Å². The number of cyclic esters (lactones) is 1. The molecule has 2 aromatic heterocycles. The largest absolute Gasteiger partial charge is 0.491 e. The van der Waals surface area contributed by atoms with Gasteiger partial charge in [0.05, 0.1) is 35.1 Å². The molecule has 0 amide bonds. The number of carbonyl (C=O) groups excluding carboxylic acids is 1. The van der Waals surface area contributed by atoms with E-state index in [0.29, 0.717) is 23.4 Å². The Morgan fingerprint density at radius 1 is 1.22 bits per heavy atom. The van der Waals surface area contributed by atoms with Gasteiger partial charge in [0, 0.05) is 16.5 Å². The number of rotatable bonds is 4. The molecule has 2 aliphatic rings. The van der Waals surface area contributed by atoms with Crippen LogP contribution in [0.1, 0.15) is 56.4 Å². The van der Waals surface area contributed by atoms with Crippen LogP contribution in [-0.2, 0) is 34.7 Å². The summed E-state index contributed by atoms with van der Waals surface area (Å²) in [7, 11) is 0. The quantitative estimate of drug-likeness (QED) is 0.495. The average molecular weight is 434 g/mol. The van der Waals surface area contributed by atoms with Crippen molar-refractivity contribution < 1.29 is 19.4 Å². The summed E-state index contributed by atoms with van der Waals surface area (Å²) in [5, 5.41) is 12.0. The monoisotopic (exact) mass is 434 g/mol. The lowest BCUT2D eigenvalue weighted by atomic mass is 9.86. The lowest BCUT2D eigenvalue weighted by Crippen LogP contribution is -2.44. The van der Waals surface area contributed by atoms with Crippen molar-refractivity contribution in [3.05, 3.63) is 56.9 Å². The number of benzene rings is 1. The van der Waals surface area contributed by atoms with Gasteiger partial charge in [0.25, 0.3) is 5.56 Å². The highest BCUT2D eigenvalue weighted by Gasteiger charge is 2.45. The Kier molecular flexibility index (Phi) is 4.64. The minimum absolute atomic E-state index is 0.0660. The van der Waals surface area contributed by atoms with Crippen LogP contribution in [-0.4, -0.2) is 26.7 Å². The molecular weight excluding hydrogens is 408 g/mol. The number of esters is 1. The van der Waals surface area contributed by atoms with E-state index in [4.69, 9.17) is 14.5 Å². The molecule has 0 unspecified atom stereocenters. The zero-order valence-electron chi connectivity index (χ0n) is 18.7. The van der Waals surface area contributed by atoms with Crippen LogP contribution in [0, 0.1) is 0 Å². The summed E-state index contributed by atoms with van der Waals surface area (Å²) in [4.78, 5) is 30.6. The zero-order valence-corrected chi connectivity index (χ0v) is 18.7. The smallest absolute Gasteiger partial charge is 0.343 e. The van der Waals surface area contributed by atoms with Gasteiger partial charge in [-0.1, -0.05) is 13.8 Å². The lowest BCUT2D eigenvalue weighted by Gasteiger charge is -2.31. The van der Waals surface area contributed by atoms with Gasteiger partial charge in [-0.3, -0.25) is 4.79 Å². The highest BCUT2D eigenvalue weighted by molar-refractivity contribution is 5.90. The van der Waals surface area contributed by atoms with Crippen molar-refractivity contribution in [3.63, 3.8) is 0 Å². The molecule has 7 heteroatoms. The van der Waals surface area contributed by atoms with Crippen molar-refractivity contribution in [2.24, 2.45) is 0 Å². The summed E-state index contributed by atoms with van der Waals surface area (Å²) in [5.74, 6) is 0.0734. The zero-order chi connectivity index (χ0) is 22.8. The SMILES string of the molecule is CCc1c2c(nc3ccc(OC(C)C)cc13)-c1cc3c(c(=O)n1C2)COC(=O)[C@]3(O)CC. The van der Waals surface area contributed by atoms with E-state index >= 15 is 0 Å². The topological polar surface area (TPSA) is 90.6 Å². The van der Waals surface area contributed by atoms with Crippen molar-refractivity contribution in [1.82, 2.24) is 9.55 Å². The van der Waals surface area contributed by atoms with Crippen molar-refractivity contribution in [2.45, 2.75) is 65.4 Å². The number of hydrogen-bond donors (Lipinski definition) is 1. The van der Waals surface area contributed by atoms with Crippen molar-refractivity contribution in [3.8, 4) is 17.1 Å². The van der Waals surface area contributed by atoms with E-state index in [2.05, 4.69) is 6.92 Å². The first-order chi connectivity index (χ1) is 15.3. The molecule has 5 rings (SSSR count). The third-order valence-corrected chi connectivity index (χ3v) is 6.50. The Bertz CT molecular complexity index is 1340. The number of aryl methyl sites for hydroxylation is 1. The summed E-state index contributed by atoms with van der Waals surface area (Å²) < 4.78 is 12.7. The first kappa shape index (κ1) is 20.7. The molecule has 0 saturated heterocycles. The molecule has 0 radical (unpaired) electrons. The van der Waals surface area contributed by atoms with Crippen LogP contribution in [0.3, 0.4) is 0 Å². The standard InChI is InChI=1S/C25H26N2O5/c1-5-15-16-9-14(32-13(3)4)7-8-20(16)26-22-17(15)11-27-21(22)10-19-18(23(27)28)12-31-24(29)25(19,30)6-2/h7-10,13,30H,5-6,11-12H2,1-4H3/t25-/m0/s1. The molecule has 166 valence electrons. The Morgan fingerprint density at radius 3 is 2.69 bits per heavy atom. The van der Waals surface area contributed by atoms with Gasteiger partial charge in [-0.15, -0.1) is 0 Å². The van der Waals surface area contributed by atoms with Crippen LogP contribution in [0.15, 0.2) is 29.1 Å². The number of pyridine rings is 2. The maximum absolute atomic E-state index is 13.4. The molecule has 3 aromatic rings. The second-order valence-corrected chi connectivity index (χ2v) is 8.72. The van der Waals surface area contributed by atoms with Gasteiger partial charge in [0.15, 0.2) is 5.60 Å². The van der Waals surface area contributed by atoms with E-state index in [9.17, 15) is 14.7 Å². The van der Waals surface area contributed by atoms with Crippen LogP contribution in [0.25, 0.3) is 22.3 Å². The second kappa shape index (κ2) is 7.17. The minimum atomic E-state index is -1.82. The predicted octanol–water partition coefficient (Wildman–Crippen LogP) is 3.43. The van der Waals surface area contributed by atoms with E-state index in [1.807, 2.05) is 32.0 Å². The van der Waals surface area contributed by atoms with E-state index in [-0.39, 0.29) is 24.7 Å². The number of ether oxygens (including phenoxy) is 2. The van der Waals surface area contributed by atoms with E-state index in [1.165, 1.54) is 0 Å². The molecular formula is C25H26N2O5. The first-order valence-electron chi connectivity index (χ1n) is 11.1. The van der Waals surface area contributed by atoms with Crippen LogP contribution in [0.2, 0.25) is 0 Å². The molecule has 4 heterocycles. The molecule has 0 fully saturated rings. The molecule has 1 atom stereocenters. The average Bonchev–Trinajstić information content (AvgIpc) is 3.13. The molecule has 0 aliphatic carbocycles. The first-order valence-corrected chi connectivity index (χ1v) is 11.1. The van der Waals surface area contributed by atoms with Gasteiger partial charge >= 0.3 is 5.97 Å². The fourth-order valence-corrected chi connectivity index (χ4v) is 4.89. The van der Waals surface area contributed by atoms with Gasteiger partial charge in [-0.2, -0.15) is 0 Å². The van der Waals surface area contributed by atoms with Gasteiger partial charge in [-0.05, 0) is 56.5 Å². The van der Waals surface area contributed by atoms with E-state index in [1.54, 1.807) is 17.6 Å². The second-order valence-electron chi connectivity index (χ2n) is 8.72. The van der Waals surface area contributed by atoms with Gasteiger partial charge < -0.3 is 19.1 Å². The van der Waals surface area contributed by atoms with Gasteiger partial charge in [-0.25, -0.2) is 9.78 Å². The normalized spacial score (nSPS) is 19.0. The van der Waals surface area contributed by atoms with Crippen LogP contribution < -0.4 is 10.3 Å². The van der Waals surface area contributed by atoms with Crippen molar-refractivity contribution in [2.75, 3.05) is 0 Å². The third-order valence-electron chi connectivity index (χ3n) is 6.50. The van der Waals surface area contributed by atoms with Crippen molar-refractivity contribution >= 4 is 16.9 Å². The molecule has 0 spiro atoms. The van der Waals surface area contributed by atoms with Crippen LogP contribution >= 0.6 is 0 Å². The number of carbonyl (C=O) groups is 1. The molecule has 1 N–H and O–H groups in total. The number of fused-ring (bicyclic) bond motifs is 5. The summed E-state index contributed by atoms with van der Waals surface area (Å²) >= 11 is 0. The third kappa shape index (κ3) is 2.80. The number of aromatic nitrogens is 2. The number of nitrogens with zero attached hydrogens (tertiary/aromatic N) is 2. The fraction of sp³-hybridized carbons (Fsp3) is 0.400. The highest BCUT2D eigenvalue weighted by Crippen LogP contribution is 2.40. The molecule has 7 nitrogen and oxygen atoms in total. The lowest BCUT2D eigenvalue weighted by molar-refractivity contribution is -0.172.